The Morgan fingerprint density at radius 2 is 2.25 bits per heavy atom. The van der Waals surface area contributed by atoms with Gasteiger partial charge in [-0.1, -0.05) is 6.92 Å². The van der Waals surface area contributed by atoms with Crippen LogP contribution in [-0.2, 0) is 9.84 Å². The molecule has 0 aromatic carbocycles. The Morgan fingerprint density at radius 3 is 2.81 bits per heavy atom. The highest BCUT2D eigenvalue weighted by molar-refractivity contribution is 7.91. The van der Waals surface area contributed by atoms with E-state index in [1.54, 1.807) is 6.92 Å². The maximum Gasteiger partial charge on any atom is 0.151 e. The third-order valence-corrected chi connectivity index (χ3v) is 4.85. The number of nitrogens with one attached hydrogen (secondary N) is 2. The number of hydrogen-bond acceptors (Lipinski definition) is 4. The summed E-state index contributed by atoms with van der Waals surface area (Å²) in [5, 5.41) is 6.73. The topological polar surface area (TPSA) is 58.2 Å². The maximum absolute atomic E-state index is 11.3. The third kappa shape index (κ3) is 5.27. The van der Waals surface area contributed by atoms with Crippen molar-refractivity contribution in [2.45, 2.75) is 45.2 Å². The maximum atomic E-state index is 11.3. The monoisotopic (exact) mass is 248 g/mol. The van der Waals surface area contributed by atoms with Crippen molar-refractivity contribution in [1.82, 2.24) is 10.6 Å². The molecule has 1 aliphatic rings. The van der Waals surface area contributed by atoms with Gasteiger partial charge in [0.1, 0.15) is 0 Å². The quantitative estimate of drug-likeness (QED) is 0.690. The fraction of sp³-hybridized carbons (Fsp3) is 1.00. The molecule has 1 fully saturated rings. The fourth-order valence-corrected chi connectivity index (χ4v) is 2.79. The summed E-state index contributed by atoms with van der Waals surface area (Å²) in [4.78, 5) is 0. The van der Waals surface area contributed by atoms with Gasteiger partial charge in [-0.05, 0) is 32.7 Å². The van der Waals surface area contributed by atoms with Gasteiger partial charge in [0.05, 0.1) is 5.75 Å². The summed E-state index contributed by atoms with van der Waals surface area (Å²) < 4.78 is 22.5. The zero-order chi connectivity index (χ0) is 12.0. The predicted molar refractivity (Wildman–Crippen MR) is 67.4 cm³/mol. The molecule has 1 heterocycles. The van der Waals surface area contributed by atoms with Crippen LogP contribution in [0.2, 0.25) is 0 Å². The molecule has 2 N–H and O–H groups in total. The molecule has 1 saturated heterocycles. The van der Waals surface area contributed by atoms with E-state index in [4.69, 9.17) is 0 Å². The Bertz CT molecular complexity index is 284. The van der Waals surface area contributed by atoms with Crippen LogP contribution in [0.25, 0.3) is 0 Å². The molecule has 0 aromatic rings. The van der Waals surface area contributed by atoms with Crippen molar-refractivity contribution in [3.05, 3.63) is 0 Å². The second-order valence-electron chi connectivity index (χ2n) is 4.62. The molecule has 1 rings (SSSR count). The Morgan fingerprint density at radius 1 is 1.50 bits per heavy atom. The van der Waals surface area contributed by atoms with E-state index in [1.165, 1.54) is 12.8 Å². The van der Waals surface area contributed by atoms with E-state index in [2.05, 4.69) is 17.6 Å². The summed E-state index contributed by atoms with van der Waals surface area (Å²) in [6, 6.07) is 1.01. The lowest BCUT2D eigenvalue weighted by atomic mass is 10.1. The lowest BCUT2D eigenvalue weighted by Crippen LogP contribution is -2.36. The fourth-order valence-electron chi connectivity index (χ4n) is 2.07. The van der Waals surface area contributed by atoms with E-state index in [1.807, 2.05) is 0 Å². The molecular formula is C11H24N2O2S. The van der Waals surface area contributed by atoms with Gasteiger partial charge in [-0.25, -0.2) is 8.42 Å². The summed E-state index contributed by atoms with van der Waals surface area (Å²) in [5.74, 6) is 0.499. The Kier molecular flexibility index (Phi) is 5.72. The smallest absolute Gasteiger partial charge is 0.151 e. The molecule has 5 heteroatoms. The average Bonchev–Trinajstić information content (AvgIpc) is 2.70. The second-order valence-corrected chi connectivity index (χ2v) is 7.09. The highest BCUT2D eigenvalue weighted by Gasteiger charge is 2.17. The first-order valence-electron chi connectivity index (χ1n) is 6.20. The molecule has 0 saturated carbocycles. The van der Waals surface area contributed by atoms with Crippen LogP contribution >= 0.6 is 0 Å². The molecule has 0 aliphatic carbocycles. The first-order valence-corrected chi connectivity index (χ1v) is 8.03. The Labute approximate surface area is 99.1 Å². The summed E-state index contributed by atoms with van der Waals surface area (Å²) in [7, 11) is -2.82. The van der Waals surface area contributed by atoms with Crippen molar-refractivity contribution in [3.8, 4) is 0 Å². The summed E-state index contributed by atoms with van der Waals surface area (Å²) >= 11 is 0. The summed E-state index contributed by atoms with van der Waals surface area (Å²) in [6.07, 6.45) is 3.60. The lowest BCUT2D eigenvalue weighted by Gasteiger charge is -2.18. The van der Waals surface area contributed by atoms with E-state index in [0.717, 1.165) is 13.0 Å². The third-order valence-electron chi connectivity index (χ3n) is 3.15. The number of rotatable bonds is 7. The first-order chi connectivity index (χ1) is 7.53. The van der Waals surface area contributed by atoms with Crippen LogP contribution in [0.5, 0.6) is 0 Å². The number of hydrogen-bond donors (Lipinski definition) is 2. The van der Waals surface area contributed by atoms with Crippen molar-refractivity contribution in [2.24, 2.45) is 0 Å². The van der Waals surface area contributed by atoms with Crippen LogP contribution in [0, 0.1) is 0 Å². The van der Waals surface area contributed by atoms with E-state index in [-0.39, 0.29) is 11.5 Å². The Balaban J connectivity index is 2.12. The zero-order valence-corrected chi connectivity index (χ0v) is 11.1. The lowest BCUT2D eigenvalue weighted by molar-refractivity contribution is 0.448. The molecule has 0 bridgehead atoms. The van der Waals surface area contributed by atoms with Crippen molar-refractivity contribution >= 4 is 9.84 Å². The minimum atomic E-state index is -2.82. The van der Waals surface area contributed by atoms with Crippen LogP contribution in [0.3, 0.4) is 0 Å². The molecule has 2 atom stereocenters. The largest absolute Gasteiger partial charge is 0.314 e. The van der Waals surface area contributed by atoms with Crippen molar-refractivity contribution < 1.29 is 8.42 Å². The van der Waals surface area contributed by atoms with Crippen LogP contribution in [0.1, 0.15) is 33.1 Å². The van der Waals surface area contributed by atoms with Crippen molar-refractivity contribution in [3.63, 3.8) is 0 Å². The summed E-state index contributed by atoms with van der Waals surface area (Å²) in [6.45, 7) is 5.52. The van der Waals surface area contributed by atoms with Gasteiger partial charge in [-0.15, -0.1) is 0 Å². The molecule has 96 valence electrons. The normalized spacial score (nSPS) is 23.5. The minimum Gasteiger partial charge on any atom is -0.314 e. The van der Waals surface area contributed by atoms with Gasteiger partial charge >= 0.3 is 0 Å². The molecule has 0 amide bonds. The van der Waals surface area contributed by atoms with Crippen LogP contribution in [-0.4, -0.2) is 45.1 Å². The van der Waals surface area contributed by atoms with E-state index < -0.39 is 9.84 Å². The molecular weight excluding hydrogens is 224 g/mol. The standard InChI is InChI=1S/C11H24N2O2S/c1-3-16(14,15)8-7-12-10(2)9-11-5-4-6-13-11/h10-13H,3-9H2,1-2H3. The molecule has 0 aromatic heterocycles. The highest BCUT2D eigenvalue weighted by atomic mass is 32.2. The van der Waals surface area contributed by atoms with Crippen molar-refractivity contribution in [2.75, 3.05) is 24.6 Å². The van der Waals surface area contributed by atoms with Gasteiger partial charge in [0, 0.05) is 24.4 Å². The Hall–Kier alpha value is -0.130. The molecule has 2 unspecified atom stereocenters. The van der Waals surface area contributed by atoms with Gasteiger partial charge in [-0.2, -0.15) is 0 Å². The van der Waals surface area contributed by atoms with E-state index in [0.29, 0.717) is 18.6 Å². The average molecular weight is 248 g/mol. The van der Waals surface area contributed by atoms with Gasteiger partial charge in [0.2, 0.25) is 0 Å². The van der Waals surface area contributed by atoms with Crippen LogP contribution < -0.4 is 10.6 Å². The van der Waals surface area contributed by atoms with E-state index in [9.17, 15) is 8.42 Å². The van der Waals surface area contributed by atoms with E-state index >= 15 is 0 Å². The molecule has 0 radical (unpaired) electrons. The van der Waals surface area contributed by atoms with Crippen LogP contribution in [0.15, 0.2) is 0 Å². The molecule has 4 nitrogen and oxygen atoms in total. The van der Waals surface area contributed by atoms with Crippen LogP contribution in [0.4, 0.5) is 0 Å². The summed E-state index contributed by atoms with van der Waals surface area (Å²) in [5.41, 5.74) is 0. The van der Waals surface area contributed by atoms with Gasteiger partial charge in [-0.3, -0.25) is 0 Å². The first kappa shape index (κ1) is 13.9. The SMILES string of the molecule is CCS(=O)(=O)CCNC(C)CC1CCCN1. The van der Waals surface area contributed by atoms with Crippen molar-refractivity contribution in [1.29, 1.82) is 0 Å². The number of sulfone groups is 1. The van der Waals surface area contributed by atoms with Gasteiger partial charge < -0.3 is 10.6 Å². The molecule has 1 aliphatic heterocycles. The predicted octanol–water partition coefficient (Wildman–Crippen LogP) is 0.541. The second kappa shape index (κ2) is 6.57. The van der Waals surface area contributed by atoms with Gasteiger partial charge in [0.15, 0.2) is 9.84 Å². The molecule has 0 spiro atoms. The van der Waals surface area contributed by atoms with Gasteiger partial charge in [0.25, 0.3) is 0 Å². The molecule has 16 heavy (non-hydrogen) atoms. The zero-order valence-electron chi connectivity index (χ0n) is 10.3. The minimum absolute atomic E-state index is 0.243. The highest BCUT2D eigenvalue weighted by Crippen LogP contribution is 2.10.